The normalized spacial score (nSPS) is 16.6. The number of nitrogens with zero attached hydrogens (tertiary/aromatic N) is 1. The van der Waals surface area contributed by atoms with Gasteiger partial charge < -0.3 is 5.32 Å². The number of nitrogens with one attached hydrogen (secondary N) is 1. The molecule has 0 aromatic heterocycles. The van der Waals surface area contributed by atoms with Crippen LogP contribution in [0, 0.1) is 0 Å². The molecule has 1 aliphatic heterocycles. The summed E-state index contributed by atoms with van der Waals surface area (Å²) in [6.07, 6.45) is 4.23. The third kappa shape index (κ3) is 5.38. The number of piperazine rings is 1. The monoisotopic (exact) mass is 380 g/mol. The SMILES string of the molecule is C=CCC[C@H](c1ccccc1Br)N1CCNCC1.Cl.Cl. The van der Waals surface area contributed by atoms with Crippen LogP contribution in [0.3, 0.4) is 0 Å². The van der Waals surface area contributed by atoms with E-state index in [9.17, 15) is 0 Å². The molecule has 2 rings (SSSR count). The molecule has 0 unspecified atom stereocenters. The molecule has 1 heterocycles. The molecule has 1 fully saturated rings. The standard InChI is InChI=1S/C15H21BrN2.2ClH/c1-2-3-8-15(18-11-9-17-10-12-18)13-6-4-5-7-14(13)16;;/h2,4-7,15,17H,1,3,8-12H2;2*1H/t15-;;/m1../s1. The van der Waals surface area contributed by atoms with Gasteiger partial charge in [-0.2, -0.15) is 0 Å². The van der Waals surface area contributed by atoms with Crippen LogP contribution >= 0.6 is 40.7 Å². The third-order valence-corrected chi connectivity index (χ3v) is 4.22. The Morgan fingerprint density at radius 3 is 2.50 bits per heavy atom. The zero-order valence-electron chi connectivity index (χ0n) is 11.6. The maximum atomic E-state index is 3.85. The fraction of sp³-hybridized carbons (Fsp3) is 0.467. The number of rotatable bonds is 5. The van der Waals surface area contributed by atoms with E-state index in [-0.39, 0.29) is 24.8 Å². The van der Waals surface area contributed by atoms with Crippen LogP contribution in [0.4, 0.5) is 0 Å². The Balaban J connectivity index is 0.00000180. The topological polar surface area (TPSA) is 15.3 Å². The highest BCUT2D eigenvalue weighted by Crippen LogP contribution is 2.31. The van der Waals surface area contributed by atoms with Crippen molar-refractivity contribution in [2.45, 2.75) is 18.9 Å². The highest BCUT2D eigenvalue weighted by molar-refractivity contribution is 9.10. The molecule has 0 bridgehead atoms. The van der Waals surface area contributed by atoms with Gasteiger partial charge in [-0.1, -0.05) is 40.2 Å². The molecule has 1 aliphatic rings. The lowest BCUT2D eigenvalue weighted by Crippen LogP contribution is -2.45. The van der Waals surface area contributed by atoms with Gasteiger partial charge in [0.05, 0.1) is 0 Å². The van der Waals surface area contributed by atoms with Crippen molar-refractivity contribution in [1.29, 1.82) is 0 Å². The molecule has 1 N–H and O–H groups in total. The molecule has 0 radical (unpaired) electrons. The van der Waals surface area contributed by atoms with E-state index in [1.807, 2.05) is 6.08 Å². The van der Waals surface area contributed by atoms with Gasteiger partial charge in [-0.25, -0.2) is 0 Å². The summed E-state index contributed by atoms with van der Waals surface area (Å²) in [6.45, 7) is 8.29. The Labute approximate surface area is 143 Å². The van der Waals surface area contributed by atoms with E-state index in [0.717, 1.165) is 39.0 Å². The second-order valence-corrected chi connectivity index (χ2v) is 5.54. The highest BCUT2D eigenvalue weighted by atomic mass is 79.9. The largest absolute Gasteiger partial charge is 0.314 e. The smallest absolute Gasteiger partial charge is 0.0363 e. The molecule has 1 saturated heterocycles. The van der Waals surface area contributed by atoms with Crippen LogP contribution in [0.15, 0.2) is 41.4 Å². The van der Waals surface area contributed by atoms with Crippen molar-refractivity contribution < 1.29 is 0 Å². The van der Waals surface area contributed by atoms with Crippen molar-refractivity contribution in [3.63, 3.8) is 0 Å². The average Bonchev–Trinajstić information content (AvgIpc) is 2.42. The molecule has 1 aromatic carbocycles. The number of halogens is 3. The summed E-state index contributed by atoms with van der Waals surface area (Å²) in [5.74, 6) is 0. The molecule has 1 aromatic rings. The minimum Gasteiger partial charge on any atom is -0.314 e. The summed E-state index contributed by atoms with van der Waals surface area (Å²) in [7, 11) is 0. The number of benzene rings is 1. The van der Waals surface area contributed by atoms with Crippen LogP contribution in [0.25, 0.3) is 0 Å². The van der Waals surface area contributed by atoms with Gasteiger partial charge in [0.25, 0.3) is 0 Å². The number of allylic oxidation sites excluding steroid dienone is 1. The minimum atomic E-state index is 0. The Morgan fingerprint density at radius 2 is 1.90 bits per heavy atom. The van der Waals surface area contributed by atoms with E-state index in [1.54, 1.807) is 0 Å². The predicted octanol–water partition coefficient (Wildman–Crippen LogP) is 4.21. The van der Waals surface area contributed by atoms with E-state index in [4.69, 9.17) is 0 Å². The molecule has 0 aliphatic carbocycles. The lowest BCUT2D eigenvalue weighted by molar-refractivity contribution is 0.165. The van der Waals surface area contributed by atoms with E-state index < -0.39 is 0 Å². The Kier molecular flexibility index (Phi) is 10.6. The second-order valence-electron chi connectivity index (χ2n) is 4.69. The van der Waals surface area contributed by atoms with Crippen LogP contribution < -0.4 is 5.32 Å². The van der Waals surface area contributed by atoms with Crippen LogP contribution in [0.2, 0.25) is 0 Å². The summed E-state index contributed by atoms with van der Waals surface area (Å²) >= 11 is 3.69. The highest BCUT2D eigenvalue weighted by Gasteiger charge is 2.22. The lowest BCUT2D eigenvalue weighted by atomic mass is 9.99. The zero-order valence-corrected chi connectivity index (χ0v) is 14.8. The number of hydrogen-bond donors (Lipinski definition) is 1. The van der Waals surface area contributed by atoms with Crippen molar-refractivity contribution >= 4 is 40.7 Å². The molecule has 2 nitrogen and oxygen atoms in total. The first kappa shape index (κ1) is 19.9. The van der Waals surface area contributed by atoms with Crippen molar-refractivity contribution in [2.24, 2.45) is 0 Å². The molecular formula is C15H23BrCl2N2. The summed E-state index contributed by atoms with van der Waals surface area (Å²) in [6, 6.07) is 9.08. The zero-order chi connectivity index (χ0) is 12.8. The van der Waals surface area contributed by atoms with Gasteiger partial charge in [-0.3, -0.25) is 4.90 Å². The first-order valence-electron chi connectivity index (χ1n) is 6.63. The maximum Gasteiger partial charge on any atom is 0.0363 e. The van der Waals surface area contributed by atoms with Gasteiger partial charge in [0.2, 0.25) is 0 Å². The second kappa shape index (κ2) is 10.6. The van der Waals surface area contributed by atoms with Crippen molar-refractivity contribution in [3.8, 4) is 0 Å². The van der Waals surface area contributed by atoms with E-state index >= 15 is 0 Å². The molecule has 5 heteroatoms. The maximum absolute atomic E-state index is 3.85. The fourth-order valence-electron chi connectivity index (χ4n) is 2.55. The lowest BCUT2D eigenvalue weighted by Gasteiger charge is -2.35. The molecule has 1 atom stereocenters. The predicted molar refractivity (Wildman–Crippen MR) is 95.3 cm³/mol. The van der Waals surface area contributed by atoms with E-state index in [1.165, 1.54) is 10.0 Å². The van der Waals surface area contributed by atoms with Crippen molar-refractivity contribution in [1.82, 2.24) is 10.2 Å². The summed E-state index contributed by atoms with van der Waals surface area (Å²) < 4.78 is 1.22. The van der Waals surface area contributed by atoms with Gasteiger partial charge in [0.15, 0.2) is 0 Å². The van der Waals surface area contributed by atoms with Gasteiger partial charge in [0, 0.05) is 36.7 Å². The molecule has 0 spiro atoms. The van der Waals surface area contributed by atoms with Gasteiger partial charge in [-0.05, 0) is 24.5 Å². The molecule has 20 heavy (non-hydrogen) atoms. The first-order valence-corrected chi connectivity index (χ1v) is 7.42. The van der Waals surface area contributed by atoms with Crippen LogP contribution in [0.1, 0.15) is 24.4 Å². The average molecular weight is 382 g/mol. The quantitative estimate of drug-likeness (QED) is 0.768. The van der Waals surface area contributed by atoms with Gasteiger partial charge >= 0.3 is 0 Å². The van der Waals surface area contributed by atoms with Gasteiger partial charge in [0.1, 0.15) is 0 Å². The summed E-state index contributed by atoms with van der Waals surface area (Å²) in [5, 5.41) is 3.42. The van der Waals surface area contributed by atoms with Crippen molar-refractivity contribution in [3.05, 3.63) is 47.0 Å². The Bertz CT molecular complexity index is 395. The fourth-order valence-corrected chi connectivity index (χ4v) is 3.10. The molecule has 0 amide bonds. The number of hydrogen-bond acceptors (Lipinski definition) is 2. The molecular weight excluding hydrogens is 359 g/mol. The van der Waals surface area contributed by atoms with E-state index in [0.29, 0.717) is 6.04 Å². The Hall–Kier alpha value is -0.0600. The van der Waals surface area contributed by atoms with Crippen LogP contribution in [-0.2, 0) is 0 Å². The molecule has 114 valence electrons. The van der Waals surface area contributed by atoms with Crippen LogP contribution in [-0.4, -0.2) is 31.1 Å². The third-order valence-electron chi connectivity index (χ3n) is 3.50. The van der Waals surface area contributed by atoms with Crippen LogP contribution in [0.5, 0.6) is 0 Å². The minimum absolute atomic E-state index is 0. The van der Waals surface area contributed by atoms with Gasteiger partial charge in [-0.15, -0.1) is 31.4 Å². The molecule has 0 saturated carbocycles. The van der Waals surface area contributed by atoms with E-state index in [2.05, 4.69) is 57.0 Å². The summed E-state index contributed by atoms with van der Waals surface area (Å²) in [5.41, 5.74) is 1.40. The first-order chi connectivity index (χ1) is 8.83. The van der Waals surface area contributed by atoms with Crippen molar-refractivity contribution in [2.75, 3.05) is 26.2 Å². The summed E-state index contributed by atoms with van der Waals surface area (Å²) in [4.78, 5) is 2.58. The Morgan fingerprint density at radius 1 is 1.25 bits per heavy atom.